The topological polar surface area (TPSA) is 175 Å². The number of aromatic amines is 1. The molecule has 1 fully saturated rings. The van der Waals surface area contributed by atoms with Crippen molar-refractivity contribution in [1.82, 2.24) is 9.55 Å². The first kappa shape index (κ1) is 32.5. The third-order valence-corrected chi connectivity index (χ3v) is 8.60. The lowest BCUT2D eigenvalue weighted by molar-refractivity contribution is -0.114. The van der Waals surface area contributed by atoms with Crippen LogP contribution in [0.4, 0.5) is 0 Å². The predicted octanol–water partition coefficient (Wildman–Crippen LogP) is 3.92. The zero-order chi connectivity index (χ0) is 28.2. The number of H-pyrrole nitrogens is 1. The minimum Gasteiger partial charge on any atom is -0.352 e. The molecule has 16 heteroatoms. The van der Waals surface area contributed by atoms with Crippen molar-refractivity contribution in [2.24, 2.45) is 17.0 Å². The monoisotopic (exact) mass is 591 g/mol. The number of carbonyl (C=O) groups excluding carboxylic acids is 2. The summed E-state index contributed by atoms with van der Waals surface area (Å²) in [6, 6.07) is -0.639. The number of nitrogens with zero attached hydrogens (tertiary/aromatic N) is 4. The number of hydrogen-bond acceptors (Lipinski definition) is 11. The standard InChI is InChI=1S/C22H34N5O8PS2/c1-13(2)20(29)37-8-6-32-36(33-7-9-38-21(30)14(3)4)34-12-17-16(25-26-23)10-18(35-17)27-11-15(5)19(28)24-22(27)31/h11,13-14,16-18H,6-10,12H2,1-5H3,(H,24,28,31)/t16-,17+,18+/m0/s1. The zero-order valence-electron chi connectivity index (χ0n) is 22.0. The van der Waals surface area contributed by atoms with Gasteiger partial charge in [-0.3, -0.25) is 23.9 Å². The maximum atomic E-state index is 12.3. The number of ether oxygens (including phenoxy) is 1. The van der Waals surface area contributed by atoms with Gasteiger partial charge in [0.25, 0.3) is 5.56 Å². The first-order valence-corrected chi connectivity index (χ1v) is 15.1. The highest BCUT2D eigenvalue weighted by molar-refractivity contribution is 8.13. The first-order valence-electron chi connectivity index (χ1n) is 12.1. The van der Waals surface area contributed by atoms with E-state index in [2.05, 4.69) is 15.0 Å². The van der Waals surface area contributed by atoms with Crippen LogP contribution in [0.5, 0.6) is 0 Å². The van der Waals surface area contributed by atoms with E-state index in [1.54, 1.807) is 6.92 Å². The molecular formula is C22H34N5O8PS2. The third kappa shape index (κ3) is 10.5. The van der Waals surface area contributed by atoms with Crippen LogP contribution >= 0.6 is 32.1 Å². The van der Waals surface area contributed by atoms with E-state index in [0.29, 0.717) is 17.1 Å². The van der Waals surface area contributed by atoms with Gasteiger partial charge in [0.05, 0.1) is 32.0 Å². The van der Waals surface area contributed by atoms with Gasteiger partial charge in [-0.2, -0.15) is 0 Å². The number of azide groups is 1. The van der Waals surface area contributed by atoms with Gasteiger partial charge in [0.15, 0.2) is 10.2 Å². The lowest BCUT2D eigenvalue weighted by atomic mass is 10.1. The van der Waals surface area contributed by atoms with Gasteiger partial charge in [-0.1, -0.05) is 56.3 Å². The summed E-state index contributed by atoms with van der Waals surface area (Å²) in [6.07, 6.45) is 0.117. The fourth-order valence-electron chi connectivity index (χ4n) is 3.11. The fourth-order valence-corrected chi connectivity index (χ4v) is 5.73. The van der Waals surface area contributed by atoms with Gasteiger partial charge in [-0.15, -0.1) is 0 Å². The molecular weight excluding hydrogens is 557 g/mol. The van der Waals surface area contributed by atoms with Gasteiger partial charge in [0.1, 0.15) is 6.23 Å². The Kier molecular flexibility index (Phi) is 14.0. The van der Waals surface area contributed by atoms with Crippen molar-refractivity contribution in [3.63, 3.8) is 0 Å². The van der Waals surface area contributed by atoms with E-state index in [-0.39, 0.29) is 48.3 Å². The van der Waals surface area contributed by atoms with Crippen LogP contribution in [0.1, 0.15) is 45.9 Å². The van der Waals surface area contributed by atoms with Crippen LogP contribution in [-0.4, -0.2) is 63.3 Å². The van der Waals surface area contributed by atoms with Gasteiger partial charge < -0.3 is 18.3 Å². The van der Waals surface area contributed by atoms with Gasteiger partial charge in [0, 0.05) is 46.4 Å². The van der Waals surface area contributed by atoms with Gasteiger partial charge in [-0.25, -0.2) is 4.79 Å². The van der Waals surface area contributed by atoms with Crippen molar-refractivity contribution in [2.75, 3.05) is 31.3 Å². The van der Waals surface area contributed by atoms with Crippen LogP contribution in [0.25, 0.3) is 10.4 Å². The molecule has 3 atom stereocenters. The highest BCUT2D eigenvalue weighted by atomic mass is 32.2. The molecule has 1 aromatic heterocycles. The summed E-state index contributed by atoms with van der Waals surface area (Å²) in [5, 5.41) is 3.89. The molecule has 1 saturated heterocycles. The van der Waals surface area contributed by atoms with E-state index in [1.165, 1.54) is 10.8 Å². The lowest BCUT2D eigenvalue weighted by Gasteiger charge is -2.21. The normalized spacial score (nSPS) is 19.3. The van der Waals surface area contributed by atoms with Gasteiger partial charge in [0.2, 0.25) is 0 Å². The Balaban J connectivity index is 2.01. The number of aromatic nitrogens is 2. The molecule has 1 aliphatic heterocycles. The molecule has 0 amide bonds. The second-order valence-corrected chi connectivity index (χ2v) is 12.4. The number of aryl methyl sites for hydroxylation is 1. The molecule has 1 N–H and O–H groups in total. The Hall–Kier alpha value is -1.70. The summed E-state index contributed by atoms with van der Waals surface area (Å²) in [4.78, 5) is 52.8. The highest BCUT2D eigenvalue weighted by Crippen LogP contribution is 2.42. The highest BCUT2D eigenvalue weighted by Gasteiger charge is 2.37. The Morgan fingerprint density at radius 1 is 1.16 bits per heavy atom. The molecule has 1 aromatic rings. The predicted molar refractivity (Wildman–Crippen MR) is 147 cm³/mol. The first-order chi connectivity index (χ1) is 18.0. The van der Waals surface area contributed by atoms with E-state index >= 15 is 0 Å². The zero-order valence-corrected chi connectivity index (χ0v) is 24.6. The number of nitrogens with one attached hydrogen (secondary N) is 1. The summed E-state index contributed by atoms with van der Waals surface area (Å²) >= 11 is 2.33. The van der Waals surface area contributed by atoms with Crippen LogP contribution < -0.4 is 11.2 Å². The second kappa shape index (κ2) is 16.4. The molecule has 0 unspecified atom stereocenters. The third-order valence-electron chi connectivity index (χ3n) is 5.20. The molecule has 0 saturated carbocycles. The van der Waals surface area contributed by atoms with Crippen LogP contribution in [0.3, 0.4) is 0 Å². The molecule has 0 radical (unpaired) electrons. The quantitative estimate of drug-likeness (QED) is 0.103. The summed E-state index contributed by atoms with van der Waals surface area (Å²) in [5.41, 5.74) is 8.22. The van der Waals surface area contributed by atoms with Crippen LogP contribution in [0.2, 0.25) is 0 Å². The van der Waals surface area contributed by atoms with Crippen molar-refractivity contribution in [1.29, 1.82) is 0 Å². The molecule has 2 heterocycles. The van der Waals surface area contributed by atoms with Crippen molar-refractivity contribution in [2.45, 2.75) is 59.4 Å². The van der Waals surface area contributed by atoms with Crippen LogP contribution in [0.15, 0.2) is 20.9 Å². The molecule has 1 aliphatic rings. The largest absolute Gasteiger partial charge is 0.352 e. The van der Waals surface area contributed by atoms with E-state index < -0.39 is 38.2 Å². The Labute approximate surface area is 230 Å². The minimum absolute atomic E-state index is 0.0544. The summed E-state index contributed by atoms with van der Waals surface area (Å²) < 4.78 is 24.5. The molecule has 0 aromatic carbocycles. The summed E-state index contributed by atoms with van der Waals surface area (Å²) in [6.45, 7) is 9.20. The second-order valence-electron chi connectivity index (χ2n) is 8.95. The van der Waals surface area contributed by atoms with E-state index in [0.717, 1.165) is 23.5 Å². The SMILES string of the molecule is Cc1cn([C@H]2C[C@H](N=[N+]=[N-])[C@@H](COP(OCCSC(=O)C(C)C)OCCSC(=O)C(C)C)O2)c(=O)[nH]c1=O. The van der Waals surface area contributed by atoms with Crippen molar-refractivity contribution in [3.05, 3.63) is 43.0 Å². The fraction of sp³-hybridized carbons (Fsp3) is 0.727. The molecule has 2 rings (SSSR count). The van der Waals surface area contributed by atoms with E-state index in [9.17, 15) is 19.2 Å². The number of hydrogen-bond donors (Lipinski definition) is 1. The molecule has 38 heavy (non-hydrogen) atoms. The minimum atomic E-state index is -1.86. The van der Waals surface area contributed by atoms with Crippen molar-refractivity contribution >= 4 is 42.4 Å². The molecule has 13 nitrogen and oxygen atoms in total. The molecule has 0 spiro atoms. The Morgan fingerprint density at radius 3 is 2.26 bits per heavy atom. The number of carbonyl (C=O) groups is 2. The summed E-state index contributed by atoms with van der Waals surface area (Å²) in [7, 11) is -1.86. The summed E-state index contributed by atoms with van der Waals surface area (Å²) in [5.74, 6) is 0.656. The van der Waals surface area contributed by atoms with Crippen LogP contribution in [0, 0.1) is 18.8 Å². The maximum Gasteiger partial charge on any atom is 0.332 e. The van der Waals surface area contributed by atoms with E-state index in [1.807, 2.05) is 27.7 Å². The average Bonchev–Trinajstić information content (AvgIpc) is 3.26. The van der Waals surface area contributed by atoms with Crippen molar-refractivity contribution in [3.8, 4) is 0 Å². The Morgan fingerprint density at radius 2 is 1.74 bits per heavy atom. The van der Waals surface area contributed by atoms with E-state index in [4.69, 9.17) is 23.8 Å². The maximum absolute atomic E-state index is 12.3. The molecule has 212 valence electrons. The molecule has 0 bridgehead atoms. The lowest BCUT2D eigenvalue weighted by Crippen LogP contribution is -2.33. The average molecular weight is 592 g/mol. The number of thioether (sulfide) groups is 2. The van der Waals surface area contributed by atoms with Crippen molar-refractivity contribution < 1.29 is 27.9 Å². The smallest absolute Gasteiger partial charge is 0.332 e. The number of rotatable bonds is 15. The van der Waals surface area contributed by atoms with Gasteiger partial charge in [-0.05, 0) is 12.5 Å². The van der Waals surface area contributed by atoms with Gasteiger partial charge >= 0.3 is 14.3 Å². The van der Waals surface area contributed by atoms with Crippen LogP contribution in [-0.2, 0) is 27.9 Å². The molecule has 0 aliphatic carbocycles. The Bertz CT molecular complexity index is 1080.